The predicted octanol–water partition coefficient (Wildman–Crippen LogP) is 3.44. The fraction of sp³-hybridized carbons (Fsp3) is 0.286. The maximum atomic E-state index is 13.5. The Labute approximate surface area is 161 Å². The topological polar surface area (TPSA) is 72.5 Å². The van der Waals surface area contributed by atoms with Crippen LogP contribution < -0.4 is 5.32 Å². The van der Waals surface area contributed by atoms with Crippen LogP contribution in [0.1, 0.15) is 43.8 Å². The largest absolute Gasteiger partial charge is 0.457 e. The van der Waals surface area contributed by atoms with E-state index in [1.165, 1.54) is 0 Å². The van der Waals surface area contributed by atoms with Gasteiger partial charge in [0.25, 0.3) is 5.91 Å². The van der Waals surface area contributed by atoms with E-state index in [1.807, 2.05) is 32.9 Å². The molecule has 1 N–H and O–H groups in total. The van der Waals surface area contributed by atoms with Crippen molar-refractivity contribution >= 4 is 17.7 Å². The van der Waals surface area contributed by atoms with Crippen molar-refractivity contribution in [3.8, 4) is 0 Å². The minimum absolute atomic E-state index is 0.106. The van der Waals surface area contributed by atoms with Crippen molar-refractivity contribution in [2.75, 3.05) is 13.2 Å². The van der Waals surface area contributed by atoms with Gasteiger partial charge in [0, 0.05) is 18.2 Å². The minimum Gasteiger partial charge on any atom is -0.457 e. The number of benzene rings is 2. The van der Waals surface area contributed by atoms with Crippen LogP contribution in [-0.4, -0.2) is 30.8 Å². The molecular formula is C21H21F2NO4. The van der Waals surface area contributed by atoms with Crippen molar-refractivity contribution in [1.82, 2.24) is 5.32 Å². The van der Waals surface area contributed by atoms with Crippen LogP contribution in [0, 0.1) is 32.4 Å². The Morgan fingerprint density at radius 3 is 2.25 bits per heavy atom. The normalized spacial score (nSPS) is 10.5. The predicted molar refractivity (Wildman–Crippen MR) is 99.3 cm³/mol. The zero-order valence-corrected chi connectivity index (χ0v) is 15.9. The Morgan fingerprint density at radius 2 is 1.64 bits per heavy atom. The second-order valence-corrected chi connectivity index (χ2v) is 6.49. The highest BCUT2D eigenvalue weighted by Gasteiger charge is 2.16. The van der Waals surface area contributed by atoms with E-state index in [9.17, 15) is 23.2 Å². The van der Waals surface area contributed by atoms with Crippen molar-refractivity contribution in [1.29, 1.82) is 0 Å². The number of carbonyl (C=O) groups excluding carboxylic acids is 3. The number of hydrogen-bond acceptors (Lipinski definition) is 4. The van der Waals surface area contributed by atoms with Gasteiger partial charge in [-0.25, -0.2) is 8.78 Å². The number of ketones is 1. The molecule has 0 unspecified atom stereocenters. The number of ether oxygens (including phenoxy) is 1. The van der Waals surface area contributed by atoms with Gasteiger partial charge in [0.1, 0.15) is 11.6 Å². The second-order valence-electron chi connectivity index (χ2n) is 6.49. The quantitative estimate of drug-likeness (QED) is 0.582. The lowest BCUT2D eigenvalue weighted by Crippen LogP contribution is -2.28. The monoisotopic (exact) mass is 389 g/mol. The lowest BCUT2D eigenvalue weighted by molar-refractivity contribution is -0.142. The first-order chi connectivity index (χ1) is 13.2. The average Bonchev–Trinajstić information content (AvgIpc) is 2.58. The number of nitrogens with one attached hydrogen (secondary N) is 1. The SMILES string of the molecule is Cc1cc(C)c(C(=O)COC(=O)CCNC(=O)c2ccc(F)cc2F)c(C)c1. The molecule has 0 aliphatic carbocycles. The molecule has 0 radical (unpaired) electrons. The summed E-state index contributed by atoms with van der Waals surface area (Å²) >= 11 is 0. The zero-order valence-electron chi connectivity index (χ0n) is 15.9. The molecular weight excluding hydrogens is 368 g/mol. The number of Topliss-reactive ketones (excluding diaryl/α,β-unsaturated/α-hetero) is 1. The molecule has 0 fully saturated rings. The first-order valence-corrected chi connectivity index (χ1v) is 8.69. The summed E-state index contributed by atoms with van der Waals surface area (Å²) in [6.45, 7) is 5.06. The van der Waals surface area contributed by atoms with Gasteiger partial charge in [-0.05, 0) is 44.0 Å². The molecule has 0 spiro atoms. The summed E-state index contributed by atoms with van der Waals surface area (Å²) in [6, 6.07) is 6.35. The van der Waals surface area contributed by atoms with E-state index >= 15 is 0 Å². The number of esters is 1. The third-order valence-corrected chi connectivity index (χ3v) is 4.11. The Morgan fingerprint density at radius 1 is 1.00 bits per heavy atom. The molecule has 5 nitrogen and oxygen atoms in total. The van der Waals surface area contributed by atoms with Crippen LogP contribution in [-0.2, 0) is 9.53 Å². The minimum atomic E-state index is -0.991. The lowest BCUT2D eigenvalue weighted by Gasteiger charge is -2.11. The fourth-order valence-corrected chi connectivity index (χ4v) is 2.96. The number of hydrogen-bond donors (Lipinski definition) is 1. The van der Waals surface area contributed by atoms with Crippen molar-refractivity contribution in [3.05, 3.63) is 69.8 Å². The summed E-state index contributed by atoms with van der Waals surface area (Å²) in [7, 11) is 0. The number of carbonyl (C=O) groups is 3. The standard InChI is InChI=1S/C21H21F2NO4/c1-12-8-13(2)20(14(3)9-12)18(25)11-28-19(26)6-7-24-21(27)16-5-4-15(22)10-17(16)23/h4-5,8-10H,6-7,11H2,1-3H3,(H,24,27). The van der Waals surface area contributed by atoms with Gasteiger partial charge < -0.3 is 10.1 Å². The summed E-state index contributed by atoms with van der Waals surface area (Å²) in [5.74, 6) is -3.53. The number of aryl methyl sites for hydroxylation is 3. The molecule has 0 saturated carbocycles. The molecule has 2 aromatic rings. The van der Waals surface area contributed by atoms with Crippen LogP contribution in [0.15, 0.2) is 30.3 Å². The molecule has 0 heterocycles. The highest BCUT2D eigenvalue weighted by atomic mass is 19.1. The van der Waals surface area contributed by atoms with Gasteiger partial charge >= 0.3 is 5.97 Å². The Balaban J connectivity index is 1.81. The van der Waals surface area contributed by atoms with Gasteiger partial charge in [-0.1, -0.05) is 17.7 Å². The zero-order chi connectivity index (χ0) is 20.8. The smallest absolute Gasteiger partial charge is 0.308 e. The van der Waals surface area contributed by atoms with E-state index in [-0.39, 0.29) is 24.3 Å². The van der Waals surface area contributed by atoms with Crippen molar-refractivity contribution in [3.63, 3.8) is 0 Å². The Kier molecular flexibility index (Phi) is 6.98. The molecule has 0 bridgehead atoms. The molecule has 0 saturated heterocycles. The van der Waals surface area contributed by atoms with Gasteiger partial charge in [0.15, 0.2) is 6.61 Å². The van der Waals surface area contributed by atoms with Crippen molar-refractivity contribution in [2.24, 2.45) is 0 Å². The molecule has 0 atom stereocenters. The van der Waals surface area contributed by atoms with Gasteiger partial charge in [0.05, 0.1) is 12.0 Å². The number of halogens is 2. The Bertz CT molecular complexity index is 902. The third kappa shape index (κ3) is 5.45. The third-order valence-electron chi connectivity index (χ3n) is 4.11. The van der Waals surface area contributed by atoms with Gasteiger partial charge in [-0.2, -0.15) is 0 Å². The molecule has 0 aliphatic heterocycles. The molecule has 0 aliphatic rings. The van der Waals surface area contributed by atoms with Gasteiger partial charge in [0.2, 0.25) is 5.78 Å². The summed E-state index contributed by atoms with van der Waals surface area (Å²) < 4.78 is 31.3. The van der Waals surface area contributed by atoms with Crippen LogP contribution in [0.5, 0.6) is 0 Å². The van der Waals surface area contributed by atoms with Crippen LogP contribution in [0.25, 0.3) is 0 Å². The highest BCUT2D eigenvalue weighted by Crippen LogP contribution is 2.17. The molecule has 0 aromatic heterocycles. The van der Waals surface area contributed by atoms with E-state index in [0.717, 1.165) is 28.8 Å². The van der Waals surface area contributed by atoms with Gasteiger partial charge in [-0.3, -0.25) is 14.4 Å². The highest BCUT2D eigenvalue weighted by molar-refractivity contribution is 6.00. The maximum absolute atomic E-state index is 13.5. The number of amides is 1. The Hall–Kier alpha value is -3.09. The van der Waals surface area contributed by atoms with E-state index in [1.54, 1.807) is 0 Å². The molecule has 2 rings (SSSR count). The average molecular weight is 389 g/mol. The fourth-order valence-electron chi connectivity index (χ4n) is 2.96. The lowest BCUT2D eigenvalue weighted by atomic mass is 9.97. The summed E-state index contributed by atoms with van der Waals surface area (Å²) in [5, 5.41) is 2.35. The number of rotatable bonds is 7. The molecule has 7 heteroatoms. The summed E-state index contributed by atoms with van der Waals surface area (Å²) in [6.07, 6.45) is -0.187. The van der Waals surface area contributed by atoms with E-state index < -0.39 is 30.1 Å². The first-order valence-electron chi connectivity index (χ1n) is 8.69. The first kappa shape index (κ1) is 21.2. The van der Waals surface area contributed by atoms with Crippen molar-refractivity contribution in [2.45, 2.75) is 27.2 Å². The molecule has 1 amide bonds. The molecule has 2 aromatic carbocycles. The molecule has 148 valence electrons. The van der Waals surface area contributed by atoms with E-state index in [2.05, 4.69) is 5.32 Å². The molecule has 28 heavy (non-hydrogen) atoms. The van der Waals surface area contributed by atoms with Gasteiger partial charge in [-0.15, -0.1) is 0 Å². The van der Waals surface area contributed by atoms with Crippen LogP contribution in [0.4, 0.5) is 8.78 Å². The van der Waals surface area contributed by atoms with Crippen LogP contribution in [0.2, 0.25) is 0 Å². The summed E-state index contributed by atoms with van der Waals surface area (Å²) in [4.78, 5) is 35.9. The van der Waals surface area contributed by atoms with E-state index in [4.69, 9.17) is 4.74 Å². The maximum Gasteiger partial charge on any atom is 0.308 e. The second kappa shape index (κ2) is 9.21. The van der Waals surface area contributed by atoms with Crippen LogP contribution in [0.3, 0.4) is 0 Å². The van der Waals surface area contributed by atoms with Crippen LogP contribution >= 0.6 is 0 Å². The van der Waals surface area contributed by atoms with Crippen molar-refractivity contribution < 1.29 is 27.9 Å². The van der Waals surface area contributed by atoms with E-state index in [0.29, 0.717) is 11.6 Å². The summed E-state index contributed by atoms with van der Waals surface area (Å²) in [5.41, 5.74) is 2.87.